The molecule has 8 nitrogen and oxygen atoms in total. The maximum absolute atomic E-state index is 12.4. The lowest BCUT2D eigenvalue weighted by atomic mass is 10.3. The number of nitrogens with one attached hydrogen (secondary N) is 2. The first-order valence-corrected chi connectivity index (χ1v) is 9.06. The molecule has 0 radical (unpaired) electrons. The van der Waals surface area contributed by atoms with Gasteiger partial charge in [-0.3, -0.25) is 14.3 Å². The molecule has 0 bridgehead atoms. The van der Waals surface area contributed by atoms with Gasteiger partial charge in [-0.05, 0) is 39.2 Å². The molecule has 1 heterocycles. The molecule has 25 heavy (non-hydrogen) atoms. The van der Waals surface area contributed by atoms with Crippen molar-refractivity contribution >= 4 is 28.8 Å². The molecular formula is C16H30N6O2S. The number of unbranched alkanes of at least 4 members (excludes halogenated alkanes) is 1. The maximum atomic E-state index is 12.4. The van der Waals surface area contributed by atoms with E-state index in [0.29, 0.717) is 24.7 Å². The third kappa shape index (κ3) is 5.86. The first-order chi connectivity index (χ1) is 11.8. The number of anilines is 2. The molecule has 0 amide bonds. The van der Waals surface area contributed by atoms with Gasteiger partial charge in [-0.2, -0.15) is 0 Å². The molecule has 1 aromatic rings. The van der Waals surface area contributed by atoms with Crippen LogP contribution in [0.4, 0.5) is 11.5 Å². The minimum absolute atomic E-state index is 0.160. The van der Waals surface area contributed by atoms with E-state index < -0.39 is 11.2 Å². The monoisotopic (exact) mass is 370 g/mol. The van der Waals surface area contributed by atoms with E-state index in [1.54, 1.807) is 4.90 Å². The highest BCUT2D eigenvalue weighted by molar-refractivity contribution is 7.80. The number of rotatable bonds is 9. The Bertz CT molecular complexity index is 682. The van der Waals surface area contributed by atoms with Crippen LogP contribution in [-0.2, 0) is 6.54 Å². The molecule has 9 heteroatoms. The van der Waals surface area contributed by atoms with Crippen molar-refractivity contribution in [3.8, 4) is 0 Å². The van der Waals surface area contributed by atoms with Gasteiger partial charge in [0.1, 0.15) is 5.82 Å². The highest BCUT2D eigenvalue weighted by atomic mass is 32.1. The van der Waals surface area contributed by atoms with Gasteiger partial charge in [-0.1, -0.05) is 20.3 Å². The summed E-state index contributed by atoms with van der Waals surface area (Å²) in [4.78, 5) is 30.5. The van der Waals surface area contributed by atoms with E-state index in [1.165, 1.54) is 4.57 Å². The van der Waals surface area contributed by atoms with Crippen LogP contribution >= 0.6 is 12.2 Å². The Balaban J connectivity index is 3.19. The average Bonchev–Trinajstić information content (AvgIpc) is 2.53. The van der Waals surface area contributed by atoms with Crippen molar-refractivity contribution in [3.63, 3.8) is 0 Å². The zero-order chi connectivity index (χ0) is 19.0. The van der Waals surface area contributed by atoms with Crippen molar-refractivity contribution in [1.29, 1.82) is 0 Å². The first kappa shape index (κ1) is 21.2. The predicted molar refractivity (Wildman–Crippen MR) is 107 cm³/mol. The van der Waals surface area contributed by atoms with Crippen molar-refractivity contribution in [2.75, 3.05) is 44.4 Å². The minimum atomic E-state index is -0.513. The zero-order valence-corrected chi connectivity index (χ0v) is 16.4. The van der Waals surface area contributed by atoms with E-state index in [4.69, 9.17) is 18.0 Å². The Morgan fingerprint density at radius 3 is 2.48 bits per heavy atom. The SMILES string of the molecule is CCCCn1c(N)c(N(CCC)C(=S)NCCN(C)C)c(=O)[nH]c1=O. The van der Waals surface area contributed by atoms with Crippen LogP contribution in [0, 0.1) is 0 Å². The number of nitrogen functional groups attached to an aromatic ring is 1. The van der Waals surface area contributed by atoms with Crippen molar-refractivity contribution in [2.45, 2.75) is 39.7 Å². The van der Waals surface area contributed by atoms with Gasteiger partial charge in [-0.25, -0.2) is 4.79 Å². The number of thiocarbonyl (C=S) groups is 1. The van der Waals surface area contributed by atoms with Gasteiger partial charge in [0.05, 0.1) is 0 Å². The quantitative estimate of drug-likeness (QED) is 0.547. The van der Waals surface area contributed by atoms with Crippen LogP contribution in [0.1, 0.15) is 33.1 Å². The second kappa shape index (κ2) is 10.2. The molecule has 4 N–H and O–H groups in total. The summed E-state index contributed by atoms with van der Waals surface area (Å²) in [5, 5.41) is 3.58. The van der Waals surface area contributed by atoms with Gasteiger partial charge in [0, 0.05) is 26.2 Å². The average molecular weight is 371 g/mol. The lowest BCUT2D eigenvalue weighted by Crippen LogP contribution is -2.47. The van der Waals surface area contributed by atoms with Crippen molar-refractivity contribution < 1.29 is 0 Å². The van der Waals surface area contributed by atoms with Gasteiger partial charge in [0.2, 0.25) is 0 Å². The number of hydrogen-bond acceptors (Lipinski definition) is 5. The summed E-state index contributed by atoms with van der Waals surface area (Å²) < 4.78 is 1.41. The third-order valence-corrected chi connectivity index (χ3v) is 4.11. The van der Waals surface area contributed by atoms with Crippen molar-refractivity contribution in [1.82, 2.24) is 19.8 Å². The van der Waals surface area contributed by atoms with E-state index in [9.17, 15) is 9.59 Å². The van der Waals surface area contributed by atoms with Crippen LogP contribution < -0.4 is 27.2 Å². The molecule has 1 aromatic heterocycles. The highest BCUT2D eigenvalue weighted by Crippen LogP contribution is 2.17. The Morgan fingerprint density at radius 2 is 1.92 bits per heavy atom. The third-order valence-electron chi connectivity index (χ3n) is 3.75. The highest BCUT2D eigenvalue weighted by Gasteiger charge is 2.21. The molecule has 0 aromatic carbocycles. The van der Waals surface area contributed by atoms with E-state index >= 15 is 0 Å². The Kier molecular flexibility index (Phi) is 8.64. The zero-order valence-electron chi connectivity index (χ0n) is 15.6. The molecule has 1 rings (SSSR count). The van der Waals surface area contributed by atoms with Gasteiger partial charge < -0.3 is 20.9 Å². The number of hydrogen-bond donors (Lipinski definition) is 3. The van der Waals surface area contributed by atoms with Crippen LogP contribution in [0.5, 0.6) is 0 Å². The molecule has 0 saturated carbocycles. The molecule has 0 unspecified atom stereocenters. The summed E-state index contributed by atoms with van der Waals surface area (Å²) in [5.74, 6) is 0.160. The van der Waals surface area contributed by atoms with Crippen LogP contribution in [-0.4, -0.2) is 53.3 Å². The summed E-state index contributed by atoms with van der Waals surface area (Å²) in [5.41, 5.74) is 5.42. The summed E-state index contributed by atoms with van der Waals surface area (Å²) in [6, 6.07) is 0. The number of likely N-dealkylation sites (N-methyl/N-ethyl adjacent to an activating group) is 1. The van der Waals surface area contributed by atoms with Crippen molar-refractivity contribution in [2.24, 2.45) is 0 Å². The Hall–Kier alpha value is -1.87. The predicted octanol–water partition coefficient (Wildman–Crippen LogP) is 0.571. The number of nitrogens with zero attached hydrogens (tertiary/aromatic N) is 3. The Morgan fingerprint density at radius 1 is 1.24 bits per heavy atom. The van der Waals surface area contributed by atoms with Crippen LogP contribution in [0.15, 0.2) is 9.59 Å². The molecule has 0 saturated heterocycles. The molecule has 0 aliphatic carbocycles. The maximum Gasteiger partial charge on any atom is 0.330 e. The molecule has 0 aliphatic rings. The van der Waals surface area contributed by atoms with Crippen LogP contribution in [0.25, 0.3) is 0 Å². The fourth-order valence-corrected chi connectivity index (χ4v) is 2.68. The lowest BCUT2D eigenvalue weighted by molar-refractivity contribution is 0.412. The molecule has 0 fully saturated rings. The van der Waals surface area contributed by atoms with E-state index in [2.05, 4.69) is 10.3 Å². The Labute approximate surface area is 154 Å². The number of nitrogens with two attached hydrogens (primary N) is 1. The fourth-order valence-electron chi connectivity index (χ4n) is 2.40. The van der Waals surface area contributed by atoms with Crippen LogP contribution in [0.2, 0.25) is 0 Å². The standard InChI is InChI=1S/C16H30N6O2S/c1-5-7-10-22-13(17)12(14(23)19-15(22)24)21(9-6-2)16(25)18-8-11-20(3)4/h5-11,17H2,1-4H3,(H,18,25)(H,19,23,24). The van der Waals surface area contributed by atoms with Gasteiger partial charge >= 0.3 is 5.69 Å². The largest absolute Gasteiger partial charge is 0.383 e. The van der Waals surface area contributed by atoms with E-state index in [1.807, 2.05) is 32.8 Å². The number of H-pyrrole nitrogens is 1. The molecule has 0 spiro atoms. The topological polar surface area (TPSA) is 99.4 Å². The van der Waals surface area contributed by atoms with Gasteiger partial charge in [0.15, 0.2) is 10.8 Å². The normalized spacial score (nSPS) is 10.9. The molecule has 0 atom stereocenters. The smallest absolute Gasteiger partial charge is 0.330 e. The fraction of sp³-hybridized carbons (Fsp3) is 0.688. The molecule has 0 aliphatic heterocycles. The molecule has 142 valence electrons. The lowest BCUT2D eigenvalue weighted by Gasteiger charge is -2.27. The number of aromatic nitrogens is 2. The van der Waals surface area contributed by atoms with E-state index in [-0.39, 0.29) is 11.5 Å². The first-order valence-electron chi connectivity index (χ1n) is 8.66. The van der Waals surface area contributed by atoms with Crippen LogP contribution in [0.3, 0.4) is 0 Å². The minimum Gasteiger partial charge on any atom is -0.383 e. The van der Waals surface area contributed by atoms with Gasteiger partial charge in [0.25, 0.3) is 5.56 Å². The van der Waals surface area contributed by atoms with Crippen molar-refractivity contribution in [3.05, 3.63) is 20.8 Å². The molecular weight excluding hydrogens is 340 g/mol. The summed E-state index contributed by atoms with van der Waals surface area (Å²) >= 11 is 5.46. The second-order valence-electron chi connectivity index (χ2n) is 6.19. The summed E-state index contributed by atoms with van der Waals surface area (Å²) in [7, 11) is 3.95. The van der Waals surface area contributed by atoms with Gasteiger partial charge in [-0.15, -0.1) is 0 Å². The summed E-state index contributed by atoms with van der Waals surface area (Å²) in [6.45, 7) is 6.48. The van der Waals surface area contributed by atoms with E-state index in [0.717, 1.165) is 25.8 Å². The second-order valence-corrected chi connectivity index (χ2v) is 6.57. The summed E-state index contributed by atoms with van der Waals surface area (Å²) in [6.07, 6.45) is 2.50. The number of aromatic amines is 1.